The molecule has 0 aliphatic heterocycles. The second-order valence-corrected chi connectivity index (χ2v) is 7.27. The van der Waals surface area contributed by atoms with Crippen LogP contribution in [0.15, 0.2) is 48.7 Å². The van der Waals surface area contributed by atoms with Crippen LogP contribution in [0.2, 0.25) is 0 Å². The zero-order valence-electron chi connectivity index (χ0n) is 18.3. The monoisotopic (exact) mass is 421 g/mol. The van der Waals surface area contributed by atoms with Gasteiger partial charge in [0.15, 0.2) is 11.9 Å². The van der Waals surface area contributed by atoms with Crippen molar-refractivity contribution in [3.8, 4) is 5.69 Å². The van der Waals surface area contributed by atoms with E-state index in [1.165, 1.54) is 20.3 Å². The molecule has 2 heterocycles. The summed E-state index contributed by atoms with van der Waals surface area (Å²) in [7, 11) is 2.55. The van der Waals surface area contributed by atoms with Gasteiger partial charge in [0.05, 0.1) is 25.3 Å². The highest BCUT2D eigenvalue weighted by atomic mass is 16.5. The van der Waals surface area contributed by atoms with Gasteiger partial charge in [-0.3, -0.25) is 4.79 Å². The minimum absolute atomic E-state index is 0.0315. The standard InChI is InChI=1S/C24H25N2O5/c1-15-8-6-7-9-25(15)14-22(27)21-10-16(2)26(17(21)3)20-12-18(23(28)30-4)11-19(13-20)24(29)31-5/h6-13H,14H2,1-5H3/q+1. The fourth-order valence-corrected chi connectivity index (χ4v) is 3.63. The van der Waals surface area contributed by atoms with Gasteiger partial charge in [0, 0.05) is 41.7 Å². The Morgan fingerprint density at radius 2 is 1.52 bits per heavy atom. The Bertz CT molecular complexity index is 1140. The number of pyridine rings is 1. The Labute approximate surface area is 180 Å². The molecular weight excluding hydrogens is 396 g/mol. The molecule has 1 aromatic carbocycles. The molecule has 7 heteroatoms. The lowest BCUT2D eigenvalue weighted by Gasteiger charge is -2.13. The topological polar surface area (TPSA) is 78.5 Å². The smallest absolute Gasteiger partial charge is 0.337 e. The van der Waals surface area contributed by atoms with E-state index >= 15 is 0 Å². The van der Waals surface area contributed by atoms with E-state index < -0.39 is 11.9 Å². The molecule has 0 spiro atoms. The van der Waals surface area contributed by atoms with Crippen LogP contribution >= 0.6 is 0 Å². The van der Waals surface area contributed by atoms with Crippen LogP contribution in [0.25, 0.3) is 5.69 Å². The van der Waals surface area contributed by atoms with Gasteiger partial charge >= 0.3 is 11.9 Å². The molecule has 0 fully saturated rings. The highest BCUT2D eigenvalue weighted by Gasteiger charge is 2.22. The minimum Gasteiger partial charge on any atom is -0.465 e. The number of ether oxygens (including phenoxy) is 2. The summed E-state index contributed by atoms with van der Waals surface area (Å²) in [5.74, 6) is -1.17. The number of nitrogens with zero attached hydrogens (tertiary/aromatic N) is 2. The number of rotatable bonds is 6. The molecule has 3 aromatic rings. The van der Waals surface area contributed by atoms with E-state index in [0.717, 1.165) is 17.1 Å². The molecule has 0 aliphatic rings. The van der Waals surface area contributed by atoms with E-state index in [0.29, 0.717) is 11.3 Å². The van der Waals surface area contributed by atoms with Crippen molar-refractivity contribution in [1.29, 1.82) is 0 Å². The first-order valence-electron chi connectivity index (χ1n) is 9.76. The van der Waals surface area contributed by atoms with Crippen LogP contribution in [0.1, 0.15) is 48.2 Å². The first-order chi connectivity index (χ1) is 14.8. The van der Waals surface area contributed by atoms with Gasteiger partial charge < -0.3 is 14.0 Å². The third-order valence-electron chi connectivity index (χ3n) is 5.23. The first-order valence-corrected chi connectivity index (χ1v) is 9.76. The van der Waals surface area contributed by atoms with Crippen LogP contribution in [0.4, 0.5) is 0 Å². The number of benzene rings is 1. The molecular formula is C24H25N2O5+. The SMILES string of the molecule is COC(=O)c1cc(C(=O)OC)cc(-n2c(C)cc(C(=O)C[n+]3ccccc3C)c2C)c1. The summed E-state index contributed by atoms with van der Waals surface area (Å²) in [5.41, 5.74) is 4.09. The molecule has 3 rings (SSSR count). The molecule has 0 bridgehead atoms. The quantitative estimate of drug-likeness (QED) is 0.347. The Morgan fingerprint density at radius 1 is 0.903 bits per heavy atom. The molecule has 2 aromatic heterocycles. The normalized spacial score (nSPS) is 10.6. The van der Waals surface area contributed by atoms with Crippen molar-refractivity contribution in [1.82, 2.24) is 4.57 Å². The highest BCUT2D eigenvalue weighted by molar-refractivity contribution is 5.98. The Hall–Kier alpha value is -3.74. The maximum absolute atomic E-state index is 13.0. The van der Waals surface area contributed by atoms with E-state index in [1.54, 1.807) is 12.1 Å². The van der Waals surface area contributed by atoms with Crippen molar-refractivity contribution in [2.24, 2.45) is 0 Å². The Balaban J connectivity index is 2.07. The number of Topliss-reactive ketones (excluding diaryl/α,β-unsaturated/α-hetero) is 1. The molecule has 0 radical (unpaired) electrons. The van der Waals surface area contributed by atoms with Crippen LogP contribution in [-0.4, -0.2) is 36.5 Å². The van der Waals surface area contributed by atoms with Crippen LogP contribution in [0.5, 0.6) is 0 Å². The number of aromatic nitrogens is 2. The van der Waals surface area contributed by atoms with E-state index in [2.05, 4.69) is 0 Å². The van der Waals surface area contributed by atoms with Gasteiger partial charge in [0.25, 0.3) is 0 Å². The number of methoxy groups -OCH3 is 2. The van der Waals surface area contributed by atoms with Crippen molar-refractivity contribution in [3.63, 3.8) is 0 Å². The predicted molar refractivity (Wildman–Crippen MR) is 114 cm³/mol. The minimum atomic E-state index is -0.568. The molecule has 0 saturated carbocycles. The number of aryl methyl sites for hydroxylation is 2. The molecule has 160 valence electrons. The summed E-state index contributed by atoms with van der Waals surface area (Å²) < 4.78 is 13.4. The van der Waals surface area contributed by atoms with Crippen molar-refractivity contribution in [2.45, 2.75) is 27.3 Å². The third-order valence-corrected chi connectivity index (χ3v) is 5.23. The Kier molecular flexibility index (Phi) is 6.34. The van der Waals surface area contributed by atoms with Crippen molar-refractivity contribution < 1.29 is 28.4 Å². The van der Waals surface area contributed by atoms with Gasteiger partial charge in [0.1, 0.15) is 0 Å². The molecule has 31 heavy (non-hydrogen) atoms. The largest absolute Gasteiger partial charge is 0.465 e. The number of hydrogen-bond acceptors (Lipinski definition) is 5. The van der Waals surface area contributed by atoms with Crippen LogP contribution in [0, 0.1) is 20.8 Å². The van der Waals surface area contributed by atoms with Gasteiger partial charge in [-0.1, -0.05) is 6.07 Å². The number of carbonyl (C=O) groups is 3. The average molecular weight is 421 g/mol. The van der Waals surface area contributed by atoms with Gasteiger partial charge in [-0.2, -0.15) is 4.57 Å². The zero-order chi connectivity index (χ0) is 22.7. The number of ketones is 1. The fraction of sp³-hybridized carbons (Fsp3) is 0.250. The summed E-state index contributed by atoms with van der Waals surface area (Å²) in [5, 5.41) is 0. The van der Waals surface area contributed by atoms with Gasteiger partial charge in [0.2, 0.25) is 12.3 Å². The van der Waals surface area contributed by atoms with E-state index in [9.17, 15) is 14.4 Å². The van der Waals surface area contributed by atoms with Crippen molar-refractivity contribution in [3.05, 3.63) is 82.4 Å². The van der Waals surface area contributed by atoms with E-state index in [-0.39, 0.29) is 23.5 Å². The van der Waals surface area contributed by atoms with Crippen molar-refractivity contribution >= 4 is 17.7 Å². The second kappa shape index (κ2) is 8.95. The highest BCUT2D eigenvalue weighted by Crippen LogP contribution is 2.24. The molecule has 0 aliphatic carbocycles. The number of esters is 2. The lowest BCUT2D eigenvalue weighted by molar-refractivity contribution is -0.689. The third kappa shape index (κ3) is 4.40. The zero-order valence-corrected chi connectivity index (χ0v) is 18.3. The summed E-state index contributed by atoms with van der Waals surface area (Å²) in [6.45, 7) is 5.87. The summed E-state index contributed by atoms with van der Waals surface area (Å²) >= 11 is 0. The van der Waals surface area contributed by atoms with E-state index in [4.69, 9.17) is 9.47 Å². The van der Waals surface area contributed by atoms with Crippen LogP contribution in [-0.2, 0) is 16.0 Å². The van der Waals surface area contributed by atoms with Gasteiger partial charge in [-0.05, 0) is 38.1 Å². The van der Waals surface area contributed by atoms with Crippen LogP contribution in [0.3, 0.4) is 0 Å². The summed E-state index contributed by atoms with van der Waals surface area (Å²) in [4.78, 5) is 37.3. The molecule has 0 amide bonds. The Morgan fingerprint density at radius 3 is 2.06 bits per heavy atom. The summed E-state index contributed by atoms with van der Waals surface area (Å²) in [6, 6.07) is 12.3. The predicted octanol–water partition coefficient (Wildman–Crippen LogP) is 3.15. The summed E-state index contributed by atoms with van der Waals surface area (Å²) in [6.07, 6.45) is 1.87. The molecule has 0 unspecified atom stereocenters. The molecule has 7 nitrogen and oxygen atoms in total. The lowest BCUT2D eigenvalue weighted by atomic mass is 10.1. The van der Waals surface area contributed by atoms with Crippen molar-refractivity contribution in [2.75, 3.05) is 14.2 Å². The second-order valence-electron chi connectivity index (χ2n) is 7.27. The number of carbonyl (C=O) groups excluding carboxylic acids is 3. The fourth-order valence-electron chi connectivity index (χ4n) is 3.63. The van der Waals surface area contributed by atoms with Gasteiger partial charge in [-0.15, -0.1) is 0 Å². The van der Waals surface area contributed by atoms with Crippen LogP contribution < -0.4 is 4.57 Å². The maximum Gasteiger partial charge on any atom is 0.337 e. The average Bonchev–Trinajstić information content (AvgIpc) is 3.07. The van der Waals surface area contributed by atoms with E-state index in [1.807, 2.05) is 60.4 Å². The maximum atomic E-state index is 13.0. The number of hydrogen-bond donors (Lipinski definition) is 0. The molecule has 0 saturated heterocycles. The molecule has 0 atom stereocenters. The molecule has 0 N–H and O–H groups in total. The van der Waals surface area contributed by atoms with Gasteiger partial charge in [-0.25, -0.2) is 9.59 Å². The first kappa shape index (κ1) is 22.0. The lowest BCUT2D eigenvalue weighted by Crippen LogP contribution is -2.40.